The molecule has 0 atom stereocenters. The molecule has 0 spiro atoms. The molecule has 0 bridgehead atoms. The third-order valence-electron chi connectivity index (χ3n) is 1.95. The summed E-state index contributed by atoms with van der Waals surface area (Å²) in [5, 5.41) is 3.12. The lowest BCUT2D eigenvalue weighted by Gasteiger charge is -1.99. The highest BCUT2D eigenvalue weighted by Gasteiger charge is 1.93. The second-order valence-electron chi connectivity index (χ2n) is 3.06. The highest BCUT2D eigenvalue weighted by atomic mass is 14.8. The molecule has 0 saturated heterocycles. The van der Waals surface area contributed by atoms with Crippen molar-refractivity contribution in [3.8, 4) is 0 Å². The van der Waals surface area contributed by atoms with Gasteiger partial charge < -0.3 is 5.32 Å². The first kappa shape index (κ1) is 9.11. The van der Waals surface area contributed by atoms with E-state index in [0.29, 0.717) is 0 Å². The fraction of sp³-hybridized carbons (Fsp3) is 0.455. The van der Waals surface area contributed by atoms with Crippen LogP contribution in [0.2, 0.25) is 0 Å². The van der Waals surface area contributed by atoms with Gasteiger partial charge in [-0.1, -0.05) is 31.9 Å². The summed E-state index contributed by atoms with van der Waals surface area (Å²) in [6.07, 6.45) is 15.4. The van der Waals surface area contributed by atoms with E-state index in [9.17, 15) is 0 Å². The maximum atomic E-state index is 3.12. The van der Waals surface area contributed by atoms with Gasteiger partial charge in [-0.2, -0.15) is 0 Å². The lowest BCUT2D eigenvalue weighted by molar-refractivity contribution is 0.717. The predicted octanol–water partition coefficient (Wildman–Crippen LogP) is 3.12. The summed E-state index contributed by atoms with van der Waals surface area (Å²) in [4.78, 5) is 0. The molecular formula is C11H17N. The maximum absolute atomic E-state index is 3.12. The number of hydrogen-bond acceptors (Lipinski definition) is 1. The molecule has 1 N–H and O–H groups in total. The van der Waals surface area contributed by atoms with Crippen molar-refractivity contribution in [1.82, 2.24) is 5.32 Å². The first-order valence-corrected chi connectivity index (χ1v) is 4.72. The Bertz CT molecular complexity index is 199. The Morgan fingerprint density at radius 1 is 1.25 bits per heavy atom. The van der Waals surface area contributed by atoms with E-state index in [1.54, 1.807) is 0 Å². The van der Waals surface area contributed by atoms with Crippen molar-refractivity contribution in [1.29, 1.82) is 0 Å². The zero-order chi connectivity index (χ0) is 8.65. The molecule has 1 nitrogen and oxygen atoms in total. The average Bonchev–Trinajstić information content (AvgIpc) is 2.33. The zero-order valence-corrected chi connectivity index (χ0v) is 7.72. The molecule has 0 fully saturated rings. The molecule has 12 heavy (non-hydrogen) atoms. The van der Waals surface area contributed by atoms with E-state index in [1.807, 2.05) is 12.3 Å². The molecule has 0 aromatic carbocycles. The summed E-state index contributed by atoms with van der Waals surface area (Å²) in [6, 6.07) is 0. The van der Waals surface area contributed by atoms with Crippen LogP contribution in [0.1, 0.15) is 32.6 Å². The Morgan fingerprint density at radius 3 is 3.00 bits per heavy atom. The molecule has 0 saturated carbocycles. The standard InChI is InChI=1S/C11H17N/c1-2-3-4-7-11-8-5-6-9-12-10-11/h5-6,8-10,12H,2-4,7H2,1H3. The molecular weight excluding hydrogens is 146 g/mol. The van der Waals surface area contributed by atoms with Crippen LogP contribution in [0.5, 0.6) is 0 Å². The van der Waals surface area contributed by atoms with Crippen LogP contribution >= 0.6 is 0 Å². The second-order valence-corrected chi connectivity index (χ2v) is 3.06. The topological polar surface area (TPSA) is 12.0 Å². The van der Waals surface area contributed by atoms with Crippen molar-refractivity contribution in [2.45, 2.75) is 32.6 Å². The number of hydrogen-bond donors (Lipinski definition) is 1. The largest absolute Gasteiger partial charge is 0.367 e. The minimum Gasteiger partial charge on any atom is -0.367 e. The number of unbranched alkanes of at least 4 members (excludes halogenated alkanes) is 2. The van der Waals surface area contributed by atoms with Crippen molar-refractivity contribution in [2.24, 2.45) is 0 Å². The highest BCUT2D eigenvalue weighted by molar-refractivity contribution is 5.24. The molecule has 0 radical (unpaired) electrons. The van der Waals surface area contributed by atoms with Crippen LogP contribution in [-0.2, 0) is 0 Å². The molecule has 0 unspecified atom stereocenters. The molecule has 0 aromatic rings. The highest BCUT2D eigenvalue weighted by Crippen LogP contribution is 2.10. The van der Waals surface area contributed by atoms with Crippen LogP contribution in [-0.4, -0.2) is 0 Å². The van der Waals surface area contributed by atoms with Gasteiger partial charge in [0.2, 0.25) is 0 Å². The Kier molecular flexibility index (Phi) is 4.28. The molecule has 1 aliphatic rings. The summed E-state index contributed by atoms with van der Waals surface area (Å²) in [5.74, 6) is 0. The summed E-state index contributed by atoms with van der Waals surface area (Å²) < 4.78 is 0. The van der Waals surface area contributed by atoms with Crippen molar-refractivity contribution in [2.75, 3.05) is 0 Å². The predicted molar refractivity (Wildman–Crippen MR) is 53.6 cm³/mol. The first-order chi connectivity index (χ1) is 5.93. The molecule has 0 aliphatic carbocycles. The van der Waals surface area contributed by atoms with E-state index in [2.05, 4.69) is 30.6 Å². The smallest absolute Gasteiger partial charge is 0.00368 e. The summed E-state index contributed by atoms with van der Waals surface area (Å²) in [5.41, 5.74) is 1.40. The van der Waals surface area contributed by atoms with E-state index in [4.69, 9.17) is 0 Å². The van der Waals surface area contributed by atoms with Crippen molar-refractivity contribution < 1.29 is 0 Å². The number of allylic oxidation sites excluding steroid dienone is 4. The lowest BCUT2D eigenvalue weighted by atomic mass is 10.1. The van der Waals surface area contributed by atoms with Crippen LogP contribution in [0.15, 0.2) is 36.2 Å². The minimum atomic E-state index is 1.19. The van der Waals surface area contributed by atoms with Crippen LogP contribution < -0.4 is 5.32 Å². The Balaban J connectivity index is 2.27. The van der Waals surface area contributed by atoms with E-state index >= 15 is 0 Å². The van der Waals surface area contributed by atoms with E-state index in [-0.39, 0.29) is 0 Å². The van der Waals surface area contributed by atoms with Crippen LogP contribution in [0, 0.1) is 0 Å². The second kappa shape index (κ2) is 5.64. The third-order valence-corrected chi connectivity index (χ3v) is 1.95. The van der Waals surface area contributed by atoms with Gasteiger partial charge in [-0.25, -0.2) is 0 Å². The molecule has 1 heterocycles. The molecule has 1 aliphatic heterocycles. The minimum absolute atomic E-state index is 1.19. The zero-order valence-electron chi connectivity index (χ0n) is 7.72. The van der Waals surface area contributed by atoms with Gasteiger partial charge in [0.15, 0.2) is 0 Å². The summed E-state index contributed by atoms with van der Waals surface area (Å²) >= 11 is 0. The van der Waals surface area contributed by atoms with Gasteiger partial charge in [0.25, 0.3) is 0 Å². The van der Waals surface area contributed by atoms with Crippen molar-refractivity contribution in [3.63, 3.8) is 0 Å². The molecule has 1 heteroatoms. The fourth-order valence-corrected chi connectivity index (χ4v) is 1.23. The average molecular weight is 163 g/mol. The van der Waals surface area contributed by atoms with E-state index in [1.165, 1.54) is 31.3 Å². The van der Waals surface area contributed by atoms with Gasteiger partial charge in [0.1, 0.15) is 0 Å². The molecule has 0 aromatic heterocycles. The Hall–Kier alpha value is -0.980. The maximum Gasteiger partial charge on any atom is 0.00368 e. The Labute approximate surface area is 74.9 Å². The summed E-state index contributed by atoms with van der Waals surface area (Å²) in [6.45, 7) is 2.23. The molecule has 1 rings (SSSR count). The van der Waals surface area contributed by atoms with Crippen LogP contribution in [0.4, 0.5) is 0 Å². The summed E-state index contributed by atoms with van der Waals surface area (Å²) in [7, 11) is 0. The lowest BCUT2D eigenvalue weighted by Crippen LogP contribution is -1.92. The van der Waals surface area contributed by atoms with E-state index < -0.39 is 0 Å². The van der Waals surface area contributed by atoms with Gasteiger partial charge in [-0.3, -0.25) is 0 Å². The van der Waals surface area contributed by atoms with Gasteiger partial charge in [-0.15, -0.1) is 0 Å². The van der Waals surface area contributed by atoms with Crippen molar-refractivity contribution in [3.05, 3.63) is 36.2 Å². The van der Waals surface area contributed by atoms with Crippen molar-refractivity contribution >= 4 is 0 Å². The molecule has 66 valence electrons. The van der Waals surface area contributed by atoms with Gasteiger partial charge >= 0.3 is 0 Å². The van der Waals surface area contributed by atoms with Gasteiger partial charge in [0, 0.05) is 12.4 Å². The van der Waals surface area contributed by atoms with Crippen LogP contribution in [0.3, 0.4) is 0 Å². The fourth-order valence-electron chi connectivity index (χ4n) is 1.23. The van der Waals surface area contributed by atoms with Gasteiger partial charge in [0.05, 0.1) is 0 Å². The normalized spacial score (nSPS) is 15.2. The van der Waals surface area contributed by atoms with Crippen LogP contribution in [0.25, 0.3) is 0 Å². The Morgan fingerprint density at radius 2 is 2.17 bits per heavy atom. The molecule has 0 amide bonds. The monoisotopic (exact) mass is 163 g/mol. The van der Waals surface area contributed by atoms with E-state index in [0.717, 1.165) is 0 Å². The first-order valence-electron chi connectivity index (χ1n) is 4.72. The number of nitrogens with one attached hydrogen (secondary N) is 1. The van der Waals surface area contributed by atoms with Gasteiger partial charge in [-0.05, 0) is 24.5 Å². The quantitative estimate of drug-likeness (QED) is 0.628. The third kappa shape index (κ3) is 3.42. The SMILES string of the molecule is CCCCCC1=CNC=CC=C1. The number of rotatable bonds is 4.